The van der Waals surface area contributed by atoms with E-state index < -0.39 is 0 Å². The molecule has 1 aromatic carbocycles. The third-order valence-electron chi connectivity index (χ3n) is 3.06. The second-order valence-electron chi connectivity index (χ2n) is 4.91. The Bertz CT molecular complexity index is 443. The highest BCUT2D eigenvalue weighted by Gasteiger charge is 2.03. The third-order valence-corrected chi connectivity index (χ3v) is 3.06. The molecule has 0 bridgehead atoms. The number of carbonyl (C=O) groups excluding carboxylic acids is 2. The Kier molecular flexibility index (Phi) is 7.40. The number of esters is 1. The number of amides is 1. The largest absolute Gasteiger partial charge is 0.469 e. The highest BCUT2D eigenvalue weighted by Crippen LogP contribution is 2.11. The van der Waals surface area contributed by atoms with E-state index in [1.165, 1.54) is 7.11 Å². The molecule has 1 rings (SSSR count). The van der Waals surface area contributed by atoms with E-state index in [-0.39, 0.29) is 11.9 Å². The van der Waals surface area contributed by atoms with Crippen molar-refractivity contribution in [2.45, 2.75) is 45.4 Å². The summed E-state index contributed by atoms with van der Waals surface area (Å²) in [7, 11) is 1.40. The number of benzene rings is 1. The molecule has 1 amide bonds. The van der Waals surface area contributed by atoms with Gasteiger partial charge in [-0.15, -0.1) is 0 Å². The molecule has 0 aromatic heterocycles. The second-order valence-corrected chi connectivity index (χ2v) is 4.91. The highest BCUT2D eigenvalue weighted by molar-refractivity contribution is 5.90. The summed E-state index contributed by atoms with van der Waals surface area (Å²) in [5.41, 5.74) is 1.98. The van der Waals surface area contributed by atoms with E-state index in [1.54, 1.807) is 0 Å². The lowest BCUT2D eigenvalue weighted by Gasteiger charge is -2.06. The van der Waals surface area contributed by atoms with E-state index in [1.807, 2.05) is 31.2 Å². The fourth-order valence-corrected chi connectivity index (χ4v) is 1.96. The van der Waals surface area contributed by atoms with Crippen LogP contribution in [0.3, 0.4) is 0 Å². The van der Waals surface area contributed by atoms with Crippen molar-refractivity contribution in [1.29, 1.82) is 0 Å². The third kappa shape index (κ3) is 6.92. The van der Waals surface area contributed by atoms with Gasteiger partial charge in [0.05, 0.1) is 7.11 Å². The molecular weight excluding hydrogens is 254 g/mol. The van der Waals surface area contributed by atoms with Crippen LogP contribution < -0.4 is 5.32 Å². The summed E-state index contributed by atoms with van der Waals surface area (Å²) in [6.45, 7) is 2.00. The van der Waals surface area contributed by atoms with Crippen LogP contribution in [0.25, 0.3) is 0 Å². The summed E-state index contributed by atoms with van der Waals surface area (Å²) in [6.07, 6.45) is 4.56. The molecule has 0 atom stereocenters. The average molecular weight is 277 g/mol. The van der Waals surface area contributed by atoms with E-state index >= 15 is 0 Å². The van der Waals surface area contributed by atoms with E-state index in [0.29, 0.717) is 12.8 Å². The van der Waals surface area contributed by atoms with E-state index in [2.05, 4.69) is 10.1 Å². The van der Waals surface area contributed by atoms with Crippen molar-refractivity contribution >= 4 is 17.6 Å². The van der Waals surface area contributed by atoms with Crippen molar-refractivity contribution in [2.75, 3.05) is 12.4 Å². The molecule has 0 spiro atoms. The summed E-state index contributed by atoms with van der Waals surface area (Å²) < 4.78 is 4.57. The van der Waals surface area contributed by atoms with E-state index in [4.69, 9.17) is 0 Å². The maximum Gasteiger partial charge on any atom is 0.305 e. The fraction of sp³-hybridized carbons (Fsp3) is 0.500. The molecular formula is C16H23NO3. The zero-order chi connectivity index (χ0) is 14.8. The summed E-state index contributed by atoms with van der Waals surface area (Å²) in [5, 5.41) is 2.89. The Labute approximate surface area is 120 Å². The molecule has 0 aliphatic carbocycles. The van der Waals surface area contributed by atoms with Gasteiger partial charge in [0.15, 0.2) is 0 Å². The van der Waals surface area contributed by atoms with E-state index in [0.717, 1.165) is 36.9 Å². The number of nitrogens with one attached hydrogen (secondary N) is 1. The highest BCUT2D eigenvalue weighted by atomic mass is 16.5. The van der Waals surface area contributed by atoms with Gasteiger partial charge in [-0.1, -0.05) is 25.0 Å². The molecule has 0 fully saturated rings. The predicted octanol–water partition coefficient (Wildman–Crippen LogP) is 3.45. The number of unbranched alkanes of at least 4 members (excludes halogenated alkanes) is 3. The Morgan fingerprint density at radius 1 is 1.10 bits per heavy atom. The molecule has 20 heavy (non-hydrogen) atoms. The summed E-state index contributed by atoms with van der Waals surface area (Å²) in [6, 6.07) is 7.77. The van der Waals surface area contributed by atoms with Crippen LogP contribution in [0.1, 0.15) is 44.1 Å². The summed E-state index contributed by atoms with van der Waals surface area (Å²) in [4.78, 5) is 22.6. The van der Waals surface area contributed by atoms with Gasteiger partial charge in [0.1, 0.15) is 0 Å². The minimum absolute atomic E-state index is 0.0450. The van der Waals surface area contributed by atoms with Gasteiger partial charge in [-0.2, -0.15) is 0 Å². The topological polar surface area (TPSA) is 55.4 Å². The first-order valence-corrected chi connectivity index (χ1v) is 7.05. The molecule has 0 saturated carbocycles. The van der Waals surface area contributed by atoms with Crippen molar-refractivity contribution in [3.8, 4) is 0 Å². The monoisotopic (exact) mass is 277 g/mol. The van der Waals surface area contributed by atoms with Crippen LogP contribution in [-0.4, -0.2) is 19.0 Å². The number of rotatable bonds is 8. The Balaban J connectivity index is 2.10. The zero-order valence-electron chi connectivity index (χ0n) is 12.3. The van der Waals surface area contributed by atoms with Crippen LogP contribution in [0.2, 0.25) is 0 Å². The average Bonchev–Trinajstić information content (AvgIpc) is 2.42. The summed E-state index contributed by atoms with van der Waals surface area (Å²) in [5.74, 6) is -0.120. The molecule has 1 aromatic rings. The second kappa shape index (κ2) is 9.13. The van der Waals surface area contributed by atoms with Crippen molar-refractivity contribution in [3.63, 3.8) is 0 Å². The maximum atomic E-state index is 11.7. The lowest BCUT2D eigenvalue weighted by Crippen LogP contribution is -2.11. The predicted molar refractivity (Wildman–Crippen MR) is 79.5 cm³/mol. The van der Waals surface area contributed by atoms with Crippen LogP contribution >= 0.6 is 0 Å². The molecule has 0 aliphatic heterocycles. The number of methoxy groups -OCH3 is 1. The van der Waals surface area contributed by atoms with Crippen LogP contribution in [0.15, 0.2) is 24.3 Å². The van der Waals surface area contributed by atoms with Crippen LogP contribution in [0.5, 0.6) is 0 Å². The number of ether oxygens (including phenoxy) is 1. The molecule has 110 valence electrons. The van der Waals surface area contributed by atoms with Crippen LogP contribution in [0.4, 0.5) is 5.69 Å². The molecule has 4 nitrogen and oxygen atoms in total. The normalized spacial score (nSPS) is 10.1. The number of anilines is 1. The van der Waals surface area contributed by atoms with Crippen LogP contribution in [-0.2, 0) is 14.3 Å². The van der Waals surface area contributed by atoms with Gasteiger partial charge in [0, 0.05) is 18.5 Å². The van der Waals surface area contributed by atoms with Crippen molar-refractivity contribution in [1.82, 2.24) is 0 Å². The van der Waals surface area contributed by atoms with Crippen molar-refractivity contribution in [2.24, 2.45) is 0 Å². The van der Waals surface area contributed by atoms with Gasteiger partial charge in [-0.05, 0) is 37.5 Å². The van der Waals surface area contributed by atoms with E-state index in [9.17, 15) is 9.59 Å². The number of carbonyl (C=O) groups is 2. The van der Waals surface area contributed by atoms with Crippen LogP contribution in [0, 0.1) is 6.92 Å². The molecule has 0 aliphatic rings. The first-order valence-electron chi connectivity index (χ1n) is 7.05. The molecule has 4 heteroatoms. The first-order chi connectivity index (χ1) is 9.61. The summed E-state index contributed by atoms with van der Waals surface area (Å²) >= 11 is 0. The standard InChI is InChI=1S/C16H23NO3/c1-13-8-7-9-14(12-13)17-15(18)10-5-3-4-6-11-16(19)20-2/h7-9,12H,3-6,10-11H2,1-2H3,(H,17,18). The van der Waals surface area contributed by atoms with Gasteiger partial charge in [-0.25, -0.2) is 0 Å². The first kappa shape index (κ1) is 16.2. The van der Waals surface area contributed by atoms with Gasteiger partial charge < -0.3 is 10.1 Å². The SMILES string of the molecule is COC(=O)CCCCCCC(=O)Nc1cccc(C)c1. The lowest BCUT2D eigenvalue weighted by atomic mass is 10.1. The van der Waals surface area contributed by atoms with Gasteiger partial charge in [0.2, 0.25) is 5.91 Å². The van der Waals surface area contributed by atoms with Crippen molar-refractivity contribution in [3.05, 3.63) is 29.8 Å². The molecule has 0 radical (unpaired) electrons. The Morgan fingerprint density at radius 3 is 2.45 bits per heavy atom. The Morgan fingerprint density at radius 2 is 1.80 bits per heavy atom. The number of aryl methyl sites for hydroxylation is 1. The van der Waals surface area contributed by atoms with Gasteiger partial charge in [0.25, 0.3) is 0 Å². The van der Waals surface area contributed by atoms with Crippen molar-refractivity contribution < 1.29 is 14.3 Å². The molecule has 0 saturated heterocycles. The minimum atomic E-state index is -0.165. The minimum Gasteiger partial charge on any atom is -0.469 e. The molecule has 0 unspecified atom stereocenters. The lowest BCUT2D eigenvalue weighted by molar-refractivity contribution is -0.140. The fourth-order valence-electron chi connectivity index (χ4n) is 1.96. The zero-order valence-corrected chi connectivity index (χ0v) is 12.3. The molecule has 0 heterocycles. The number of hydrogen-bond donors (Lipinski definition) is 1. The molecule has 1 N–H and O–H groups in total. The smallest absolute Gasteiger partial charge is 0.305 e. The quantitative estimate of drug-likeness (QED) is 0.585. The number of hydrogen-bond acceptors (Lipinski definition) is 3. The maximum absolute atomic E-state index is 11.7. The van der Waals surface area contributed by atoms with Gasteiger partial charge in [-0.3, -0.25) is 9.59 Å². The Hall–Kier alpha value is -1.84. The van der Waals surface area contributed by atoms with Gasteiger partial charge >= 0.3 is 5.97 Å².